The van der Waals surface area contributed by atoms with Gasteiger partial charge in [-0.2, -0.15) is 0 Å². The van der Waals surface area contributed by atoms with Crippen molar-refractivity contribution in [1.82, 2.24) is 19.7 Å². The van der Waals surface area contributed by atoms with Crippen LogP contribution in [-0.4, -0.2) is 76.8 Å². The molecule has 6 nitrogen and oxygen atoms in total. The predicted molar refractivity (Wildman–Crippen MR) is 95.9 cm³/mol. The molecule has 25 heavy (non-hydrogen) atoms. The van der Waals surface area contributed by atoms with Crippen LogP contribution in [0.25, 0.3) is 0 Å². The number of hydrogen-bond acceptors (Lipinski definition) is 4. The molecule has 3 rings (SSSR count). The summed E-state index contributed by atoms with van der Waals surface area (Å²) in [6.45, 7) is 8.87. The minimum Gasteiger partial charge on any atom is -0.340 e. The Morgan fingerprint density at radius 1 is 1.24 bits per heavy atom. The van der Waals surface area contributed by atoms with Crippen molar-refractivity contribution in [2.45, 2.75) is 32.7 Å². The molecule has 136 valence electrons. The van der Waals surface area contributed by atoms with Crippen LogP contribution >= 0.6 is 0 Å². The Morgan fingerprint density at radius 2 is 2.00 bits per heavy atom. The summed E-state index contributed by atoms with van der Waals surface area (Å²) in [4.78, 5) is 35.3. The Kier molecular flexibility index (Phi) is 5.68. The normalized spacial score (nSPS) is 22.0. The summed E-state index contributed by atoms with van der Waals surface area (Å²) in [7, 11) is 0. The lowest BCUT2D eigenvalue weighted by Crippen LogP contribution is -2.51. The molecule has 1 aromatic heterocycles. The van der Waals surface area contributed by atoms with E-state index in [1.807, 2.05) is 42.0 Å². The third-order valence-electron chi connectivity index (χ3n) is 5.23. The molecule has 0 bridgehead atoms. The average Bonchev–Trinajstić information content (AvgIpc) is 3.03. The molecule has 0 aromatic carbocycles. The van der Waals surface area contributed by atoms with Crippen LogP contribution in [0.4, 0.5) is 0 Å². The van der Waals surface area contributed by atoms with Crippen molar-refractivity contribution in [2.24, 2.45) is 5.92 Å². The molecule has 0 spiro atoms. The number of piperazine rings is 1. The fraction of sp³-hybridized carbons (Fsp3) is 0.632. The second-order valence-electron chi connectivity index (χ2n) is 7.28. The lowest BCUT2D eigenvalue weighted by molar-refractivity contribution is -0.137. The number of rotatable bonds is 5. The van der Waals surface area contributed by atoms with Crippen molar-refractivity contribution >= 4 is 11.8 Å². The maximum Gasteiger partial charge on any atom is 0.228 e. The Bertz CT molecular complexity index is 597. The molecule has 2 amide bonds. The van der Waals surface area contributed by atoms with E-state index in [1.165, 1.54) is 0 Å². The summed E-state index contributed by atoms with van der Waals surface area (Å²) >= 11 is 0. The Balaban J connectivity index is 1.44. The third kappa shape index (κ3) is 4.37. The van der Waals surface area contributed by atoms with E-state index in [0.717, 1.165) is 44.8 Å². The van der Waals surface area contributed by atoms with Gasteiger partial charge in [0.2, 0.25) is 11.8 Å². The predicted octanol–water partition coefficient (Wildman–Crippen LogP) is 1.03. The molecule has 2 aliphatic rings. The van der Waals surface area contributed by atoms with Crippen LogP contribution in [0.2, 0.25) is 0 Å². The van der Waals surface area contributed by atoms with Crippen molar-refractivity contribution in [3.05, 3.63) is 30.1 Å². The second kappa shape index (κ2) is 7.95. The Hall–Kier alpha value is -1.95. The lowest BCUT2D eigenvalue weighted by Gasteiger charge is -2.36. The number of carbonyl (C=O) groups is 2. The van der Waals surface area contributed by atoms with Crippen LogP contribution in [-0.2, 0) is 16.0 Å². The zero-order valence-corrected chi connectivity index (χ0v) is 15.2. The first-order valence-electron chi connectivity index (χ1n) is 9.25. The Morgan fingerprint density at radius 3 is 2.60 bits per heavy atom. The van der Waals surface area contributed by atoms with Gasteiger partial charge in [-0.25, -0.2) is 0 Å². The minimum absolute atomic E-state index is 0.113. The standard InChI is InChI=1S/C19H28N4O2/c1-15(2)23-14-16(13-18(23)24)19(25)22-11-9-21(10-12-22)8-6-17-5-3-4-7-20-17/h3-5,7,15-16H,6,8-14H2,1-2H3/t16-/m0/s1. The number of aromatic nitrogens is 1. The van der Waals surface area contributed by atoms with Crippen LogP contribution in [0, 0.1) is 5.92 Å². The number of pyridine rings is 1. The number of hydrogen-bond donors (Lipinski definition) is 0. The molecule has 0 aliphatic carbocycles. The van der Waals surface area contributed by atoms with Gasteiger partial charge in [-0.1, -0.05) is 6.07 Å². The minimum atomic E-state index is -0.157. The van der Waals surface area contributed by atoms with Gasteiger partial charge >= 0.3 is 0 Å². The smallest absolute Gasteiger partial charge is 0.228 e. The second-order valence-corrected chi connectivity index (χ2v) is 7.28. The molecule has 0 N–H and O–H groups in total. The van der Waals surface area contributed by atoms with Gasteiger partial charge in [-0.15, -0.1) is 0 Å². The largest absolute Gasteiger partial charge is 0.340 e. The molecule has 6 heteroatoms. The van der Waals surface area contributed by atoms with Gasteiger partial charge in [0.25, 0.3) is 0 Å². The lowest BCUT2D eigenvalue weighted by atomic mass is 10.1. The van der Waals surface area contributed by atoms with E-state index in [4.69, 9.17) is 0 Å². The highest BCUT2D eigenvalue weighted by molar-refractivity contribution is 5.89. The summed E-state index contributed by atoms with van der Waals surface area (Å²) in [5.41, 5.74) is 1.11. The van der Waals surface area contributed by atoms with Crippen molar-refractivity contribution in [2.75, 3.05) is 39.3 Å². The topological polar surface area (TPSA) is 56.8 Å². The molecule has 2 saturated heterocycles. The van der Waals surface area contributed by atoms with Gasteiger partial charge in [0.15, 0.2) is 0 Å². The maximum atomic E-state index is 12.7. The molecule has 0 radical (unpaired) electrons. The maximum absolute atomic E-state index is 12.7. The molecule has 2 aliphatic heterocycles. The van der Waals surface area contributed by atoms with Crippen LogP contribution in [0.5, 0.6) is 0 Å². The fourth-order valence-corrected chi connectivity index (χ4v) is 3.66. The van der Waals surface area contributed by atoms with Crippen molar-refractivity contribution in [3.8, 4) is 0 Å². The molecule has 1 aromatic rings. The van der Waals surface area contributed by atoms with E-state index in [0.29, 0.717) is 13.0 Å². The van der Waals surface area contributed by atoms with E-state index in [-0.39, 0.29) is 23.8 Å². The van der Waals surface area contributed by atoms with Gasteiger partial charge in [-0.05, 0) is 26.0 Å². The number of likely N-dealkylation sites (tertiary alicyclic amines) is 1. The van der Waals surface area contributed by atoms with E-state index in [1.54, 1.807) is 0 Å². The first kappa shape index (κ1) is 17.9. The molecule has 2 fully saturated rings. The molecular formula is C19H28N4O2. The van der Waals surface area contributed by atoms with Crippen molar-refractivity contribution < 1.29 is 9.59 Å². The summed E-state index contributed by atoms with van der Waals surface area (Å²) in [6.07, 6.45) is 3.14. The zero-order valence-electron chi connectivity index (χ0n) is 15.2. The molecule has 1 atom stereocenters. The van der Waals surface area contributed by atoms with E-state index in [9.17, 15) is 9.59 Å². The molecule has 3 heterocycles. The first-order chi connectivity index (χ1) is 12.0. The summed E-state index contributed by atoms with van der Waals surface area (Å²) in [5.74, 6) is 0.109. The number of amides is 2. The highest BCUT2D eigenvalue weighted by Gasteiger charge is 2.38. The molecular weight excluding hydrogens is 316 g/mol. The average molecular weight is 344 g/mol. The quantitative estimate of drug-likeness (QED) is 0.800. The summed E-state index contributed by atoms with van der Waals surface area (Å²) in [6, 6.07) is 6.18. The van der Waals surface area contributed by atoms with Gasteiger partial charge in [0.05, 0.1) is 5.92 Å². The molecule has 0 unspecified atom stereocenters. The van der Waals surface area contributed by atoms with Gasteiger partial charge < -0.3 is 9.80 Å². The van der Waals surface area contributed by atoms with Crippen molar-refractivity contribution in [3.63, 3.8) is 0 Å². The van der Waals surface area contributed by atoms with Gasteiger partial charge in [-0.3, -0.25) is 19.5 Å². The third-order valence-corrected chi connectivity index (χ3v) is 5.23. The van der Waals surface area contributed by atoms with Crippen molar-refractivity contribution in [1.29, 1.82) is 0 Å². The van der Waals surface area contributed by atoms with Crippen LogP contribution < -0.4 is 0 Å². The van der Waals surface area contributed by atoms with Crippen LogP contribution in [0.15, 0.2) is 24.4 Å². The Labute approximate surface area is 149 Å². The van der Waals surface area contributed by atoms with E-state index >= 15 is 0 Å². The number of carbonyl (C=O) groups excluding carboxylic acids is 2. The number of nitrogens with zero attached hydrogens (tertiary/aromatic N) is 4. The summed E-state index contributed by atoms with van der Waals surface area (Å²) in [5, 5.41) is 0. The van der Waals surface area contributed by atoms with Crippen LogP contribution in [0.1, 0.15) is 26.0 Å². The zero-order chi connectivity index (χ0) is 17.8. The van der Waals surface area contributed by atoms with Gasteiger partial charge in [0.1, 0.15) is 0 Å². The molecule has 0 saturated carbocycles. The van der Waals surface area contributed by atoms with E-state index in [2.05, 4.69) is 16.0 Å². The van der Waals surface area contributed by atoms with E-state index < -0.39 is 0 Å². The fourth-order valence-electron chi connectivity index (χ4n) is 3.66. The van der Waals surface area contributed by atoms with Gasteiger partial charge in [0, 0.05) is 70.0 Å². The SMILES string of the molecule is CC(C)N1C[C@@H](C(=O)N2CCN(CCc3ccccn3)CC2)CC1=O. The highest BCUT2D eigenvalue weighted by Crippen LogP contribution is 2.22. The summed E-state index contributed by atoms with van der Waals surface area (Å²) < 4.78 is 0. The highest BCUT2D eigenvalue weighted by atomic mass is 16.2. The van der Waals surface area contributed by atoms with Crippen LogP contribution in [0.3, 0.4) is 0 Å². The monoisotopic (exact) mass is 344 g/mol. The first-order valence-corrected chi connectivity index (χ1v) is 9.25.